The lowest BCUT2D eigenvalue weighted by Gasteiger charge is -2.01. The van der Waals surface area contributed by atoms with Crippen LogP contribution < -0.4 is 0 Å². The second-order valence-corrected chi connectivity index (χ2v) is 5.09. The Balaban J connectivity index is 0.000000191. The summed E-state index contributed by atoms with van der Waals surface area (Å²) in [5.74, 6) is 0.659. The van der Waals surface area contributed by atoms with Crippen molar-refractivity contribution >= 4 is 0 Å². The first-order valence-electron chi connectivity index (χ1n) is 7.30. The lowest BCUT2D eigenvalue weighted by Crippen LogP contribution is -1.83. The van der Waals surface area contributed by atoms with Crippen LogP contribution in [0.25, 0.3) is 0 Å². The van der Waals surface area contributed by atoms with Gasteiger partial charge in [-0.15, -0.1) is 0 Å². The molecule has 0 aliphatic rings. The average Bonchev–Trinajstić information content (AvgIpc) is 2.49. The fourth-order valence-corrected chi connectivity index (χ4v) is 1.85. The second-order valence-electron chi connectivity index (χ2n) is 5.09. The van der Waals surface area contributed by atoms with Crippen molar-refractivity contribution in [3.05, 3.63) is 71.3 Å². The standard InChI is InChI=1S/C10H14.C9H12/c1-3-9-5-7-10(4-2)8-6-9;1-8(2)9-6-4-3-5-7-9/h5-8H,3-4H2,1-2H3;3-8H,1-2H3. The van der Waals surface area contributed by atoms with Gasteiger partial charge in [0, 0.05) is 0 Å². The number of hydrogen-bond acceptors (Lipinski definition) is 0. The SMILES string of the molecule is CC(C)c1ccccc1.CCc1ccc(CC)cc1. The molecule has 0 heterocycles. The minimum Gasteiger partial charge on any atom is -0.0622 e. The maximum absolute atomic E-state index is 2.21. The molecule has 2 aromatic rings. The highest BCUT2D eigenvalue weighted by Crippen LogP contribution is 2.11. The fourth-order valence-electron chi connectivity index (χ4n) is 1.85. The number of aryl methyl sites for hydroxylation is 2. The number of benzene rings is 2. The molecule has 0 aliphatic carbocycles. The molecule has 0 saturated carbocycles. The van der Waals surface area contributed by atoms with E-state index in [9.17, 15) is 0 Å². The molecule has 0 heteroatoms. The molecule has 0 unspecified atom stereocenters. The maximum atomic E-state index is 2.21. The van der Waals surface area contributed by atoms with E-state index in [0.717, 1.165) is 12.8 Å². The predicted molar refractivity (Wildman–Crippen MR) is 85.7 cm³/mol. The molecule has 0 amide bonds. The summed E-state index contributed by atoms with van der Waals surface area (Å²) in [6, 6.07) is 19.3. The van der Waals surface area contributed by atoms with Gasteiger partial charge in [0.25, 0.3) is 0 Å². The Morgan fingerprint density at radius 1 is 0.684 bits per heavy atom. The Morgan fingerprint density at radius 2 is 1.11 bits per heavy atom. The highest BCUT2D eigenvalue weighted by atomic mass is 14.0. The third-order valence-corrected chi connectivity index (χ3v) is 3.31. The fraction of sp³-hybridized carbons (Fsp3) is 0.368. The summed E-state index contributed by atoms with van der Waals surface area (Å²) in [4.78, 5) is 0. The largest absolute Gasteiger partial charge is 0.0622 e. The van der Waals surface area contributed by atoms with E-state index in [-0.39, 0.29) is 0 Å². The van der Waals surface area contributed by atoms with E-state index < -0.39 is 0 Å². The van der Waals surface area contributed by atoms with Crippen molar-refractivity contribution in [3.8, 4) is 0 Å². The van der Waals surface area contributed by atoms with Crippen molar-refractivity contribution in [1.29, 1.82) is 0 Å². The molecule has 2 rings (SSSR count). The van der Waals surface area contributed by atoms with Crippen LogP contribution in [-0.4, -0.2) is 0 Å². The van der Waals surface area contributed by atoms with E-state index in [1.165, 1.54) is 16.7 Å². The van der Waals surface area contributed by atoms with E-state index in [0.29, 0.717) is 5.92 Å². The van der Waals surface area contributed by atoms with E-state index in [1.807, 2.05) is 6.07 Å². The van der Waals surface area contributed by atoms with E-state index in [2.05, 4.69) is 76.2 Å². The lowest BCUT2D eigenvalue weighted by molar-refractivity contribution is 0.867. The van der Waals surface area contributed by atoms with Crippen molar-refractivity contribution in [2.45, 2.75) is 46.5 Å². The molecule has 19 heavy (non-hydrogen) atoms. The Labute approximate surface area is 118 Å². The monoisotopic (exact) mass is 254 g/mol. The summed E-state index contributed by atoms with van der Waals surface area (Å²) in [6.45, 7) is 8.77. The van der Waals surface area contributed by atoms with Gasteiger partial charge in [-0.2, -0.15) is 0 Å². The molecule has 0 fully saturated rings. The maximum Gasteiger partial charge on any atom is -0.0219 e. The topological polar surface area (TPSA) is 0 Å². The first-order valence-corrected chi connectivity index (χ1v) is 7.30. The van der Waals surface area contributed by atoms with Gasteiger partial charge < -0.3 is 0 Å². The zero-order valence-corrected chi connectivity index (χ0v) is 12.7. The van der Waals surface area contributed by atoms with Crippen LogP contribution in [0.1, 0.15) is 50.3 Å². The van der Waals surface area contributed by atoms with Gasteiger partial charge in [-0.05, 0) is 35.4 Å². The van der Waals surface area contributed by atoms with Crippen LogP contribution in [0, 0.1) is 0 Å². The molecule has 0 spiro atoms. The van der Waals surface area contributed by atoms with E-state index in [4.69, 9.17) is 0 Å². The first kappa shape index (κ1) is 15.5. The summed E-state index contributed by atoms with van der Waals surface area (Å²) in [6.07, 6.45) is 2.29. The van der Waals surface area contributed by atoms with Crippen LogP contribution in [0.5, 0.6) is 0 Å². The van der Waals surface area contributed by atoms with Crippen molar-refractivity contribution in [2.24, 2.45) is 0 Å². The molecule has 0 atom stereocenters. The molecule has 0 saturated heterocycles. The smallest absolute Gasteiger partial charge is 0.0219 e. The third kappa shape index (κ3) is 5.74. The van der Waals surface area contributed by atoms with Crippen molar-refractivity contribution < 1.29 is 0 Å². The molecule has 0 N–H and O–H groups in total. The van der Waals surface area contributed by atoms with E-state index >= 15 is 0 Å². The Kier molecular flexibility index (Phi) is 6.95. The van der Waals surface area contributed by atoms with Crippen molar-refractivity contribution in [3.63, 3.8) is 0 Å². The van der Waals surface area contributed by atoms with Gasteiger partial charge in [0.15, 0.2) is 0 Å². The van der Waals surface area contributed by atoms with Gasteiger partial charge >= 0.3 is 0 Å². The second kappa shape index (κ2) is 8.53. The highest BCUT2D eigenvalue weighted by Gasteiger charge is 1.93. The first-order chi connectivity index (χ1) is 9.17. The van der Waals surface area contributed by atoms with Crippen LogP contribution in [0.4, 0.5) is 0 Å². The summed E-state index contributed by atoms with van der Waals surface area (Å²) in [5.41, 5.74) is 4.27. The Morgan fingerprint density at radius 3 is 1.37 bits per heavy atom. The molecule has 0 nitrogen and oxygen atoms in total. The molecule has 0 radical (unpaired) electrons. The molecule has 0 aromatic heterocycles. The molecular weight excluding hydrogens is 228 g/mol. The van der Waals surface area contributed by atoms with Gasteiger partial charge in [-0.3, -0.25) is 0 Å². The van der Waals surface area contributed by atoms with Crippen LogP contribution in [0.2, 0.25) is 0 Å². The highest BCUT2D eigenvalue weighted by molar-refractivity contribution is 5.22. The minimum absolute atomic E-state index is 0.659. The van der Waals surface area contributed by atoms with Gasteiger partial charge in [-0.1, -0.05) is 82.3 Å². The third-order valence-electron chi connectivity index (χ3n) is 3.31. The average molecular weight is 254 g/mol. The summed E-state index contributed by atoms with van der Waals surface area (Å²) in [7, 11) is 0. The van der Waals surface area contributed by atoms with Gasteiger partial charge in [0.1, 0.15) is 0 Å². The Hall–Kier alpha value is -1.56. The van der Waals surface area contributed by atoms with Crippen molar-refractivity contribution in [1.82, 2.24) is 0 Å². The van der Waals surface area contributed by atoms with Gasteiger partial charge in [0.05, 0.1) is 0 Å². The van der Waals surface area contributed by atoms with Crippen LogP contribution >= 0.6 is 0 Å². The molecule has 0 aliphatic heterocycles. The molecule has 2 aromatic carbocycles. The quantitative estimate of drug-likeness (QED) is 0.666. The molecular formula is C19H26. The number of rotatable bonds is 3. The van der Waals surface area contributed by atoms with Gasteiger partial charge in [-0.25, -0.2) is 0 Å². The van der Waals surface area contributed by atoms with Crippen LogP contribution in [0.15, 0.2) is 54.6 Å². The van der Waals surface area contributed by atoms with Crippen LogP contribution in [0.3, 0.4) is 0 Å². The predicted octanol–water partition coefficient (Wildman–Crippen LogP) is 5.62. The van der Waals surface area contributed by atoms with Gasteiger partial charge in [0.2, 0.25) is 0 Å². The molecule has 102 valence electrons. The van der Waals surface area contributed by atoms with Crippen LogP contribution in [-0.2, 0) is 12.8 Å². The summed E-state index contributed by atoms with van der Waals surface area (Å²) < 4.78 is 0. The Bertz CT molecular complexity index is 414. The van der Waals surface area contributed by atoms with E-state index in [1.54, 1.807) is 0 Å². The summed E-state index contributed by atoms with van der Waals surface area (Å²) in [5, 5.41) is 0. The summed E-state index contributed by atoms with van der Waals surface area (Å²) >= 11 is 0. The normalized spacial score (nSPS) is 9.95. The zero-order chi connectivity index (χ0) is 14.1. The van der Waals surface area contributed by atoms with Crippen molar-refractivity contribution in [2.75, 3.05) is 0 Å². The minimum atomic E-state index is 0.659. The number of hydrogen-bond donors (Lipinski definition) is 0. The lowest BCUT2D eigenvalue weighted by atomic mass is 10.0. The zero-order valence-electron chi connectivity index (χ0n) is 12.7. The molecule has 0 bridgehead atoms.